The molecule has 0 amide bonds. The van der Waals surface area contributed by atoms with E-state index >= 15 is 0 Å². The first-order chi connectivity index (χ1) is 19.7. The van der Waals surface area contributed by atoms with Crippen molar-refractivity contribution in [3.8, 4) is 0 Å². The van der Waals surface area contributed by atoms with Gasteiger partial charge in [0.1, 0.15) is 0 Å². The highest BCUT2D eigenvalue weighted by molar-refractivity contribution is 4.60. The molecule has 4 heteroatoms. The van der Waals surface area contributed by atoms with Crippen molar-refractivity contribution in [2.45, 2.75) is 168 Å². The Morgan fingerprint density at radius 2 is 0.625 bits per heavy atom. The molecule has 0 radical (unpaired) electrons. The lowest BCUT2D eigenvalue weighted by atomic mass is 10.0. The largest absolute Gasteiger partial charge is 0.378 e. The van der Waals surface area contributed by atoms with Crippen LogP contribution in [0.3, 0.4) is 0 Å². The molecule has 242 valence electrons. The first-order valence-corrected chi connectivity index (χ1v) is 18.2. The van der Waals surface area contributed by atoms with Gasteiger partial charge in [-0.25, -0.2) is 0 Å². The van der Waals surface area contributed by atoms with E-state index in [2.05, 4.69) is 37.7 Å². The fourth-order valence-electron chi connectivity index (χ4n) is 5.45. The normalized spacial score (nSPS) is 11.8. The molecule has 0 unspecified atom stereocenters. The van der Waals surface area contributed by atoms with Crippen molar-refractivity contribution in [1.82, 2.24) is 9.80 Å². The quantitative estimate of drug-likeness (QED) is 0.0710. The van der Waals surface area contributed by atoms with Crippen molar-refractivity contribution in [2.75, 3.05) is 66.7 Å². The standard InChI is InChI=1S/C36H76N2O2/c1-5-7-9-11-13-15-17-19-21-23-25-27-29-38(32-34-40-36-35-39-33-31-37(3)4)30-28-26-24-22-20-18-16-14-12-10-8-6-2/h5-36H2,1-4H3. The number of hydrogen-bond acceptors (Lipinski definition) is 4. The van der Waals surface area contributed by atoms with E-state index in [4.69, 9.17) is 9.47 Å². The van der Waals surface area contributed by atoms with Gasteiger partial charge in [0.25, 0.3) is 0 Å². The monoisotopic (exact) mass is 569 g/mol. The number of rotatable bonds is 35. The lowest BCUT2D eigenvalue weighted by Crippen LogP contribution is -2.30. The fourth-order valence-corrected chi connectivity index (χ4v) is 5.45. The second-order valence-corrected chi connectivity index (χ2v) is 12.6. The van der Waals surface area contributed by atoms with Crippen LogP contribution in [0.2, 0.25) is 0 Å². The minimum Gasteiger partial charge on any atom is -0.378 e. The summed E-state index contributed by atoms with van der Waals surface area (Å²) in [6.45, 7) is 12.2. The number of nitrogens with zero attached hydrogens (tertiary/aromatic N) is 2. The molecule has 0 saturated heterocycles. The Morgan fingerprint density at radius 3 is 0.950 bits per heavy atom. The summed E-state index contributed by atoms with van der Waals surface area (Å²) in [5.74, 6) is 0. The second kappa shape index (κ2) is 35.0. The van der Waals surface area contributed by atoms with Crippen LogP contribution in [0.15, 0.2) is 0 Å². The summed E-state index contributed by atoms with van der Waals surface area (Å²) in [5, 5.41) is 0. The Balaban J connectivity index is 3.88. The molecule has 0 saturated carbocycles. The zero-order chi connectivity index (χ0) is 29.2. The molecule has 0 heterocycles. The molecular formula is C36H76N2O2. The third-order valence-electron chi connectivity index (χ3n) is 8.26. The van der Waals surface area contributed by atoms with Crippen molar-refractivity contribution < 1.29 is 9.47 Å². The first-order valence-electron chi connectivity index (χ1n) is 18.2. The molecule has 0 aromatic heterocycles. The van der Waals surface area contributed by atoms with E-state index in [9.17, 15) is 0 Å². The first kappa shape index (κ1) is 39.8. The molecule has 0 aliphatic rings. The predicted molar refractivity (Wildman–Crippen MR) is 179 cm³/mol. The summed E-state index contributed by atoms with van der Waals surface area (Å²) < 4.78 is 11.6. The molecule has 0 aromatic carbocycles. The van der Waals surface area contributed by atoms with E-state index in [1.54, 1.807) is 0 Å². The van der Waals surface area contributed by atoms with E-state index in [0.29, 0.717) is 6.61 Å². The lowest BCUT2D eigenvalue weighted by molar-refractivity contribution is 0.0342. The molecule has 0 N–H and O–H groups in total. The van der Waals surface area contributed by atoms with Gasteiger partial charge in [-0.15, -0.1) is 0 Å². The van der Waals surface area contributed by atoms with Gasteiger partial charge in [0.05, 0.1) is 26.4 Å². The Labute approximate surface area is 253 Å². The summed E-state index contributed by atoms with van der Waals surface area (Å²) in [6, 6.07) is 0. The van der Waals surface area contributed by atoms with Crippen molar-refractivity contribution in [3.63, 3.8) is 0 Å². The van der Waals surface area contributed by atoms with Crippen LogP contribution in [0.4, 0.5) is 0 Å². The van der Waals surface area contributed by atoms with Crippen molar-refractivity contribution in [3.05, 3.63) is 0 Å². The van der Waals surface area contributed by atoms with E-state index in [1.807, 2.05) is 0 Å². The molecule has 0 rings (SSSR count). The summed E-state index contributed by atoms with van der Waals surface area (Å²) >= 11 is 0. The van der Waals surface area contributed by atoms with Crippen molar-refractivity contribution in [1.29, 1.82) is 0 Å². The van der Waals surface area contributed by atoms with Gasteiger partial charge in [-0.2, -0.15) is 0 Å². The van der Waals surface area contributed by atoms with Crippen LogP contribution in [0.25, 0.3) is 0 Å². The molecular weight excluding hydrogens is 492 g/mol. The van der Waals surface area contributed by atoms with Gasteiger partial charge in [-0.05, 0) is 40.0 Å². The highest BCUT2D eigenvalue weighted by atomic mass is 16.5. The Bertz CT molecular complexity index is 419. The van der Waals surface area contributed by atoms with Gasteiger partial charge >= 0.3 is 0 Å². The molecule has 0 aromatic rings. The number of likely N-dealkylation sites (N-methyl/N-ethyl adjacent to an activating group) is 1. The van der Waals surface area contributed by atoms with Crippen LogP contribution in [0, 0.1) is 0 Å². The topological polar surface area (TPSA) is 24.9 Å². The number of ether oxygens (including phenoxy) is 2. The van der Waals surface area contributed by atoms with E-state index < -0.39 is 0 Å². The average molecular weight is 569 g/mol. The van der Waals surface area contributed by atoms with Gasteiger partial charge < -0.3 is 19.3 Å². The second-order valence-electron chi connectivity index (χ2n) is 12.6. The van der Waals surface area contributed by atoms with Gasteiger partial charge in [0.15, 0.2) is 0 Å². The minimum atomic E-state index is 0.714. The maximum atomic E-state index is 5.92. The molecule has 0 spiro atoms. The average Bonchev–Trinajstić information content (AvgIpc) is 2.94. The van der Waals surface area contributed by atoms with E-state index in [1.165, 1.54) is 167 Å². The highest BCUT2D eigenvalue weighted by Gasteiger charge is 2.05. The van der Waals surface area contributed by atoms with Gasteiger partial charge in [0, 0.05) is 13.1 Å². The molecule has 0 atom stereocenters. The molecule has 0 fully saturated rings. The smallest absolute Gasteiger partial charge is 0.0701 e. The van der Waals surface area contributed by atoms with Crippen LogP contribution < -0.4 is 0 Å². The summed E-state index contributed by atoms with van der Waals surface area (Å²) in [5.41, 5.74) is 0. The molecule has 40 heavy (non-hydrogen) atoms. The third kappa shape index (κ3) is 34.0. The van der Waals surface area contributed by atoms with E-state index in [-0.39, 0.29) is 0 Å². The fraction of sp³-hybridized carbons (Fsp3) is 1.00. The lowest BCUT2D eigenvalue weighted by Gasteiger charge is -2.22. The summed E-state index contributed by atoms with van der Waals surface area (Å²) in [6.07, 6.45) is 34.2. The van der Waals surface area contributed by atoms with Crippen LogP contribution in [0.5, 0.6) is 0 Å². The minimum absolute atomic E-state index is 0.714. The Kier molecular flexibility index (Phi) is 34.9. The zero-order valence-electron chi connectivity index (χ0n) is 28.3. The van der Waals surface area contributed by atoms with Crippen molar-refractivity contribution in [2.24, 2.45) is 0 Å². The zero-order valence-corrected chi connectivity index (χ0v) is 28.3. The van der Waals surface area contributed by atoms with Crippen LogP contribution in [0.1, 0.15) is 168 Å². The van der Waals surface area contributed by atoms with Crippen LogP contribution in [-0.2, 0) is 9.47 Å². The molecule has 0 aliphatic carbocycles. The summed E-state index contributed by atoms with van der Waals surface area (Å²) in [4.78, 5) is 4.84. The van der Waals surface area contributed by atoms with Gasteiger partial charge in [-0.3, -0.25) is 0 Å². The van der Waals surface area contributed by atoms with Crippen LogP contribution in [-0.4, -0.2) is 76.5 Å². The maximum Gasteiger partial charge on any atom is 0.0701 e. The van der Waals surface area contributed by atoms with E-state index in [0.717, 1.165) is 32.9 Å². The SMILES string of the molecule is CCCCCCCCCCCCCCN(CCCCCCCCCCCCCC)CCOCCOCCN(C)C. The third-order valence-corrected chi connectivity index (χ3v) is 8.26. The predicted octanol–water partition coefficient (Wildman–Crippen LogP) is 10.3. The summed E-state index contributed by atoms with van der Waals surface area (Å²) in [7, 11) is 4.17. The molecule has 0 aliphatic heterocycles. The Hall–Kier alpha value is -0.160. The highest BCUT2D eigenvalue weighted by Crippen LogP contribution is 2.14. The molecule has 0 bridgehead atoms. The van der Waals surface area contributed by atoms with Crippen molar-refractivity contribution >= 4 is 0 Å². The molecule has 4 nitrogen and oxygen atoms in total. The van der Waals surface area contributed by atoms with Crippen LogP contribution >= 0.6 is 0 Å². The Morgan fingerprint density at radius 1 is 0.325 bits per heavy atom. The maximum absolute atomic E-state index is 5.92. The van der Waals surface area contributed by atoms with Gasteiger partial charge in [0.2, 0.25) is 0 Å². The number of unbranched alkanes of at least 4 members (excludes halogenated alkanes) is 22. The van der Waals surface area contributed by atoms with Gasteiger partial charge in [-0.1, -0.05) is 155 Å². The number of hydrogen-bond donors (Lipinski definition) is 0.